The average molecular weight is 401 g/mol. The van der Waals surface area contributed by atoms with Gasteiger partial charge in [0, 0.05) is 50.7 Å². The van der Waals surface area contributed by atoms with Crippen molar-refractivity contribution in [2.45, 2.75) is 44.2 Å². The van der Waals surface area contributed by atoms with Crippen LogP contribution in [0.25, 0.3) is 0 Å². The van der Waals surface area contributed by atoms with Gasteiger partial charge in [0.05, 0.1) is 6.04 Å². The van der Waals surface area contributed by atoms with Crippen molar-refractivity contribution in [3.05, 3.63) is 22.4 Å². The largest absolute Gasteiger partial charge is 0.304 e. The maximum absolute atomic E-state index is 12.8. The van der Waals surface area contributed by atoms with Gasteiger partial charge >= 0.3 is 0 Å². The van der Waals surface area contributed by atoms with Gasteiger partial charge in [-0.1, -0.05) is 25.3 Å². The lowest BCUT2D eigenvalue weighted by atomic mass is 9.96. The number of piperazine rings is 1. The number of rotatable bonds is 7. The molecule has 1 atom stereocenters. The molecule has 0 spiro atoms. The summed E-state index contributed by atoms with van der Waals surface area (Å²) in [6.45, 7) is 4.43. The average Bonchev–Trinajstić information content (AvgIpc) is 3.18. The normalized spacial score (nSPS) is 22.7. The van der Waals surface area contributed by atoms with E-state index in [0.717, 1.165) is 51.9 Å². The van der Waals surface area contributed by atoms with Gasteiger partial charge in [-0.2, -0.15) is 12.7 Å². The molecule has 2 fully saturated rings. The highest BCUT2D eigenvalue weighted by atomic mass is 32.2. The van der Waals surface area contributed by atoms with Crippen LogP contribution in [-0.2, 0) is 10.2 Å². The maximum atomic E-state index is 12.8. The molecule has 3 rings (SSSR count). The molecule has 1 saturated heterocycles. The van der Waals surface area contributed by atoms with Gasteiger partial charge in [0.2, 0.25) is 0 Å². The minimum absolute atomic E-state index is 0.109. The number of nitrogens with zero attached hydrogens (tertiary/aromatic N) is 3. The molecule has 1 N–H and O–H groups in total. The molecule has 148 valence electrons. The molecule has 26 heavy (non-hydrogen) atoms. The van der Waals surface area contributed by atoms with Gasteiger partial charge in [0.15, 0.2) is 0 Å². The fraction of sp³-hybridized carbons (Fsp3) is 0.778. The van der Waals surface area contributed by atoms with Crippen LogP contribution >= 0.6 is 11.3 Å². The van der Waals surface area contributed by atoms with Crippen molar-refractivity contribution in [2.75, 3.05) is 46.8 Å². The van der Waals surface area contributed by atoms with Crippen LogP contribution in [-0.4, -0.2) is 75.4 Å². The molecule has 1 aliphatic carbocycles. The Balaban J connectivity index is 1.65. The van der Waals surface area contributed by atoms with Gasteiger partial charge in [0.1, 0.15) is 0 Å². The minimum Gasteiger partial charge on any atom is -0.304 e. The summed E-state index contributed by atoms with van der Waals surface area (Å²) in [5, 5.41) is 2.07. The predicted molar refractivity (Wildman–Crippen MR) is 108 cm³/mol. The van der Waals surface area contributed by atoms with Gasteiger partial charge < -0.3 is 4.90 Å². The Labute approximate surface area is 162 Å². The van der Waals surface area contributed by atoms with Gasteiger partial charge in [-0.15, -0.1) is 11.3 Å². The fourth-order valence-corrected chi connectivity index (χ4v) is 5.99. The molecule has 8 heteroatoms. The smallest absolute Gasteiger partial charge is 0.279 e. The summed E-state index contributed by atoms with van der Waals surface area (Å²) in [6, 6.07) is 4.42. The molecular formula is C18H32N4O2S2. The van der Waals surface area contributed by atoms with Crippen LogP contribution in [0.15, 0.2) is 17.5 Å². The van der Waals surface area contributed by atoms with Crippen molar-refractivity contribution in [3.63, 3.8) is 0 Å². The Bertz CT molecular complexity index is 636. The van der Waals surface area contributed by atoms with Crippen LogP contribution in [0.2, 0.25) is 0 Å². The predicted octanol–water partition coefficient (Wildman–Crippen LogP) is 2.14. The van der Waals surface area contributed by atoms with E-state index >= 15 is 0 Å². The van der Waals surface area contributed by atoms with E-state index in [4.69, 9.17) is 0 Å². The SMILES string of the molecule is CN1CCN([C@@H](CNS(=O)(=O)N(C)C2CCCCC2)c2cccs2)CC1. The van der Waals surface area contributed by atoms with E-state index in [-0.39, 0.29) is 12.1 Å². The lowest BCUT2D eigenvalue weighted by Gasteiger charge is -2.38. The number of hydrogen-bond donors (Lipinski definition) is 1. The lowest BCUT2D eigenvalue weighted by Crippen LogP contribution is -2.50. The van der Waals surface area contributed by atoms with E-state index in [1.54, 1.807) is 22.7 Å². The van der Waals surface area contributed by atoms with Crippen molar-refractivity contribution in [3.8, 4) is 0 Å². The summed E-state index contributed by atoms with van der Waals surface area (Å²) >= 11 is 1.71. The zero-order chi connectivity index (χ0) is 18.6. The third-order valence-corrected chi connectivity index (χ3v) is 8.34. The Morgan fingerprint density at radius 2 is 1.92 bits per heavy atom. The van der Waals surface area contributed by atoms with Crippen LogP contribution < -0.4 is 4.72 Å². The Morgan fingerprint density at radius 3 is 2.54 bits per heavy atom. The van der Waals surface area contributed by atoms with E-state index in [0.29, 0.717) is 6.54 Å². The third-order valence-electron chi connectivity index (χ3n) is 5.78. The fourth-order valence-electron chi connectivity index (χ4n) is 3.95. The van der Waals surface area contributed by atoms with Crippen molar-refractivity contribution in [1.29, 1.82) is 0 Å². The quantitative estimate of drug-likeness (QED) is 0.762. The van der Waals surface area contributed by atoms with Gasteiger partial charge in [0.25, 0.3) is 10.2 Å². The first-order chi connectivity index (χ1) is 12.5. The van der Waals surface area contributed by atoms with Gasteiger partial charge in [-0.05, 0) is 31.3 Å². The summed E-state index contributed by atoms with van der Waals surface area (Å²) in [6.07, 6.45) is 5.43. The summed E-state index contributed by atoms with van der Waals surface area (Å²) < 4.78 is 30.1. The van der Waals surface area contributed by atoms with E-state index in [2.05, 4.69) is 33.0 Å². The van der Waals surface area contributed by atoms with E-state index in [1.165, 1.54) is 11.3 Å². The Hall–Kier alpha value is -0.510. The summed E-state index contributed by atoms with van der Waals surface area (Å²) in [5.41, 5.74) is 0. The van der Waals surface area contributed by atoms with Gasteiger partial charge in [-0.25, -0.2) is 4.72 Å². The second-order valence-electron chi connectivity index (χ2n) is 7.53. The van der Waals surface area contributed by atoms with E-state index in [9.17, 15) is 8.42 Å². The topological polar surface area (TPSA) is 55.9 Å². The van der Waals surface area contributed by atoms with E-state index < -0.39 is 10.2 Å². The number of likely N-dealkylation sites (N-methyl/N-ethyl adjacent to an activating group) is 1. The van der Waals surface area contributed by atoms with Crippen molar-refractivity contribution in [1.82, 2.24) is 18.8 Å². The first kappa shape index (κ1) is 20.2. The van der Waals surface area contributed by atoms with Crippen LogP contribution in [0, 0.1) is 0 Å². The highest BCUT2D eigenvalue weighted by Crippen LogP contribution is 2.27. The maximum Gasteiger partial charge on any atom is 0.279 e. The Kier molecular flexibility index (Phi) is 7.10. The van der Waals surface area contributed by atoms with Crippen LogP contribution in [0.3, 0.4) is 0 Å². The van der Waals surface area contributed by atoms with Crippen LogP contribution in [0.1, 0.15) is 43.0 Å². The first-order valence-corrected chi connectivity index (χ1v) is 12.0. The summed E-state index contributed by atoms with van der Waals surface area (Å²) in [5.74, 6) is 0. The summed E-state index contributed by atoms with van der Waals surface area (Å²) in [7, 11) is 0.424. The molecule has 6 nitrogen and oxygen atoms in total. The molecule has 1 aliphatic heterocycles. The Morgan fingerprint density at radius 1 is 1.23 bits per heavy atom. The first-order valence-electron chi connectivity index (χ1n) is 9.66. The number of thiophene rings is 1. The van der Waals surface area contributed by atoms with Crippen LogP contribution in [0.4, 0.5) is 0 Å². The molecule has 0 aromatic carbocycles. The molecule has 1 aromatic heterocycles. The second-order valence-corrected chi connectivity index (χ2v) is 10.3. The zero-order valence-electron chi connectivity index (χ0n) is 15.9. The highest BCUT2D eigenvalue weighted by Gasteiger charge is 2.30. The molecular weight excluding hydrogens is 368 g/mol. The molecule has 1 aromatic rings. The minimum atomic E-state index is -3.44. The lowest BCUT2D eigenvalue weighted by molar-refractivity contribution is 0.114. The number of hydrogen-bond acceptors (Lipinski definition) is 5. The standard InChI is InChI=1S/C18H32N4O2S2/c1-20-10-12-22(13-11-20)17(18-9-6-14-25-18)15-19-26(23,24)21(2)16-7-4-3-5-8-16/h6,9,14,16-17,19H,3-5,7-8,10-13,15H2,1-2H3/t17-/m0/s1. The molecule has 2 aliphatic rings. The highest BCUT2D eigenvalue weighted by molar-refractivity contribution is 7.87. The molecule has 0 amide bonds. The molecule has 0 unspecified atom stereocenters. The van der Waals surface area contributed by atoms with Crippen molar-refractivity contribution < 1.29 is 8.42 Å². The second kappa shape index (κ2) is 9.12. The monoisotopic (exact) mass is 400 g/mol. The van der Waals surface area contributed by atoms with Crippen molar-refractivity contribution in [2.24, 2.45) is 0 Å². The zero-order valence-corrected chi connectivity index (χ0v) is 17.6. The molecule has 1 saturated carbocycles. The third kappa shape index (κ3) is 5.05. The van der Waals surface area contributed by atoms with E-state index in [1.807, 2.05) is 6.07 Å². The van der Waals surface area contributed by atoms with Crippen molar-refractivity contribution >= 4 is 21.5 Å². The van der Waals surface area contributed by atoms with Gasteiger partial charge in [-0.3, -0.25) is 4.90 Å². The summed E-state index contributed by atoms with van der Waals surface area (Å²) in [4.78, 5) is 5.97. The molecule has 0 radical (unpaired) electrons. The molecule has 0 bridgehead atoms. The van der Waals surface area contributed by atoms with Crippen LogP contribution in [0.5, 0.6) is 0 Å². The number of nitrogens with one attached hydrogen (secondary N) is 1. The molecule has 2 heterocycles.